The fourth-order valence-electron chi connectivity index (χ4n) is 3.78. The normalized spacial score (nSPS) is 14.4. The number of nitrogens with one attached hydrogen (secondary N) is 2. The van der Waals surface area contributed by atoms with Gasteiger partial charge in [-0.3, -0.25) is 9.36 Å². The Morgan fingerprint density at radius 3 is 2.58 bits per heavy atom. The molecule has 1 saturated heterocycles. The molecule has 1 aliphatic heterocycles. The molecule has 1 aliphatic rings. The second-order valence-corrected chi connectivity index (χ2v) is 9.65. The maximum Gasteiger partial charge on any atom is 1.00 e. The van der Waals surface area contributed by atoms with Gasteiger partial charge in [0.05, 0.1) is 31.3 Å². The van der Waals surface area contributed by atoms with Gasteiger partial charge in [0.15, 0.2) is 0 Å². The number of carbonyl (C=O) groups is 1. The maximum atomic E-state index is 13.0. The molecule has 5 N–H and O–H groups in total. The number of carbonyl (C=O) groups excluding carboxylic acids is 1. The maximum absolute atomic E-state index is 13.0. The van der Waals surface area contributed by atoms with Crippen LogP contribution in [-0.4, -0.2) is 67.0 Å². The zero-order chi connectivity index (χ0) is 28.4. The average molecular weight is 620 g/mol. The molecule has 17 heteroatoms. The number of amides is 1. The van der Waals surface area contributed by atoms with Crippen molar-refractivity contribution in [1.29, 1.82) is 0 Å². The van der Waals surface area contributed by atoms with Crippen LogP contribution in [-0.2, 0) is 17.7 Å². The minimum absolute atomic E-state index is 0. The van der Waals surface area contributed by atoms with E-state index in [2.05, 4.69) is 30.6 Å². The van der Waals surface area contributed by atoms with Gasteiger partial charge in [0, 0.05) is 31.7 Å². The van der Waals surface area contributed by atoms with Gasteiger partial charge in [-0.25, -0.2) is 15.0 Å². The summed E-state index contributed by atoms with van der Waals surface area (Å²) in [6, 6.07) is 7.14. The van der Waals surface area contributed by atoms with Crippen molar-refractivity contribution in [3.63, 3.8) is 0 Å². The zero-order valence-corrected chi connectivity index (χ0v) is 26.7. The van der Waals surface area contributed by atoms with Gasteiger partial charge in [0.2, 0.25) is 5.95 Å². The topological polar surface area (TPSA) is 206 Å². The van der Waals surface area contributed by atoms with Crippen LogP contribution in [0.3, 0.4) is 0 Å². The molecule has 0 saturated carbocycles. The summed E-state index contributed by atoms with van der Waals surface area (Å²) in [7, 11) is -3.33. The smallest absolute Gasteiger partial charge is 0.756 e. The number of hydrogen-bond acceptors (Lipinski definition) is 11. The molecule has 1 fully saturated rings. The summed E-state index contributed by atoms with van der Waals surface area (Å²) in [6.45, 7) is 1.32. The Balaban J connectivity index is 0.000000858. The van der Waals surface area contributed by atoms with E-state index >= 15 is 0 Å². The zero-order valence-electron chi connectivity index (χ0n) is 21.9. The fourth-order valence-corrected chi connectivity index (χ4v) is 4.06. The van der Waals surface area contributed by atoms with Crippen LogP contribution in [0.15, 0.2) is 42.9 Å². The average Bonchev–Trinajstić information content (AvgIpc) is 3.39. The first-order chi connectivity index (χ1) is 18.6. The number of rotatable bonds is 9. The van der Waals surface area contributed by atoms with E-state index in [4.69, 9.17) is 35.6 Å². The molecule has 210 valence electrons. The molecule has 2 aromatic heterocycles. The monoisotopic (exact) mass is 619 g/mol. The molecular weight excluding hydrogens is 592 g/mol. The summed E-state index contributed by atoms with van der Waals surface area (Å²) in [5.41, 5.74) is 1.18. The molecule has 4 rings (SSSR count). The first-order valence-corrected chi connectivity index (χ1v) is 13.6. The number of phosphoric acid groups is 1. The molecule has 1 unspecified atom stereocenters. The van der Waals surface area contributed by atoms with Gasteiger partial charge in [-0.1, -0.05) is 17.7 Å². The SMILES string of the molecule is COc1ccc(CNc2nc(N3CCCC3CO)ncc2C(=O)NCc2ncccn2)cc1Cl.O=P([O-])(O)O.[K+]. The minimum Gasteiger partial charge on any atom is -0.756 e. The molecule has 1 aromatic carbocycles. The second-order valence-electron chi connectivity index (χ2n) is 8.27. The van der Waals surface area contributed by atoms with Crippen molar-refractivity contribution in [3.05, 3.63) is 64.8 Å². The number of aromatic nitrogens is 4. The molecule has 0 bridgehead atoms. The van der Waals surface area contributed by atoms with Crippen molar-refractivity contribution in [2.45, 2.75) is 32.0 Å². The summed E-state index contributed by atoms with van der Waals surface area (Å²) < 4.78 is 14.0. The van der Waals surface area contributed by atoms with Gasteiger partial charge < -0.3 is 40.1 Å². The standard InChI is InChI=1S/C23H26ClN7O3.K.H3O4P/c1-34-19-6-5-15(10-18(19)24)11-27-21-17(22(33)28-13-20-25-7-3-8-26-20)12-29-23(30-21)31-9-2-4-16(31)14-32;;1-5(2,3)4/h3,5-8,10,12,16,32H,2,4,9,11,13-14H2,1H3,(H,28,33)(H,27,29,30);;(H3,1,2,3,4)/q;+1;/p-1. The Labute approximate surface area is 278 Å². The second kappa shape index (κ2) is 16.6. The molecule has 0 spiro atoms. The largest absolute Gasteiger partial charge is 1.00 e. The first kappa shape index (κ1) is 34.4. The van der Waals surface area contributed by atoms with Crippen molar-refractivity contribution in [2.75, 3.05) is 30.5 Å². The summed E-state index contributed by atoms with van der Waals surface area (Å²) in [4.78, 5) is 55.2. The fraction of sp³-hybridized carbons (Fsp3) is 0.348. The van der Waals surface area contributed by atoms with E-state index in [9.17, 15) is 9.90 Å². The molecule has 3 heterocycles. The van der Waals surface area contributed by atoms with Crippen molar-refractivity contribution in [3.8, 4) is 5.75 Å². The number of hydrogen-bond donors (Lipinski definition) is 5. The summed E-state index contributed by atoms with van der Waals surface area (Å²) in [6.07, 6.45) is 6.55. The molecule has 1 amide bonds. The Kier molecular flexibility index (Phi) is 14.3. The third-order valence-corrected chi connectivity index (χ3v) is 5.86. The minimum atomic E-state index is -4.89. The van der Waals surface area contributed by atoms with Crippen LogP contribution in [0, 0.1) is 0 Å². The quantitative estimate of drug-likeness (QED) is 0.128. The van der Waals surface area contributed by atoms with E-state index in [-0.39, 0.29) is 76.5 Å². The van der Waals surface area contributed by atoms with Gasteiger partial charge in [-0.05, 0) is 36.6 Å². The number of benzene rings is 1. The molecule has 14 nitrogen and oxygen atoms in total. The van der Waals surface area contributed by atoms with Crippen LogP contribution in [0.5, 0.6) is 5.75 Å². The number of aliphatic hydroxyl groups is 1. The predicted octanol–water partition coefficient (Wildman–Crippen LogP) is -2.12. The van der Waals surface area contributed by atoms with E-state index in [0.29, 0.717) is 40.5 Å². The summed E-state index contributed by atoms with van der Waals surface area (Å²) in [5, 5.41) is 16.2. The first-order valence-electron chi connectivity index (χ1n) is 11.7. The van der Waals surface area contributed by atoms with Gasteiger partial charge in [0.25, 0.3) is 13.7 Å². The molecule has 3 aromatic rings. The van der Waals surface area contributed by atoms with E-state index in [0.717, 1.165) is 24.9 Å². The summed E-state index contributed by atoms with van der Waals surface area (Å²) >= 11 is 6.25. The van der Waals surface area contributed by atoms with E-state index in [1.54, 1.807) is 37.7 Å². The number of nitrogens with zero attached hydrogens (tertiary/aromatic N) is 5. The van der Waals surface area contributed by atoms with Crippen LogP contribution < -0.4 is 76.5 Å². The number of methoxy groups -OCH3 is 1. The third-order valence-electron chi connectivity index (χ3n) is 5.57. The third kappa shape index (κ3) is 10.9. The van der Waals surface area contributed by atoms with Crippen LogP contribution in [0.1, 0.15) is 34.6 Å². The molecule has 40 heavy (non-hydrogen) atoms. The van der Waals surface area contributed by atoms with Crippen LogP contribution in [0.4, 0.5) is 11.8 Å². The Morgan fingerprint density at radius 1 is 1.25 bits per heavy atom. The molecule has 1 atom stereocenters. The van der Waals surface area contributed by atoms with E-state index in [1.165, 1.54) is 6.20 Å². The van der Waals surface area contributed by atoms with Crippen LogP contribution in [0.25, 0.3) is 0 Å². The van der Waals surface area contributed by atoms with Crippen molar-refractivity contribution < 1.29 is 85.3 Å². The van der Waals surface area contributed by atoms with Crippen molar-refractivity contribution >= 4 is 37.1 Å². The predicted molar refractivity (Wildman–Crippen MR) is 140 cm³/mol. The van der Waals surface area contributed by atoms with Gasteiger partial charge in [-0.15, -0.1) is 0 Å². The van der Waals surface area contributed by atoms with Crippen molar-refractivity contribution in [2.24, 2.45) is 0 Å². The number of aliphatic hydroxyl groups excluding tert-OH is 1. The number of ether oxygens (including phenoxy) is 1. The Hall–Kier alpha value is -1.75. The summed E-state index contributed by atoms with van der Waals surface area (Å²) in [5.74, 6) is 1.58. The Bertz CT molecular complexity index is 1300. The molecule has 0 aliphatic carbocycles. The van der Waals surface area contributed by atoms with Gasteiger partial charge in [-0.2, -0.15) is 4.98 Å². The molecular formula is C23H28ClKN7O7P. The van der Waals surface area contributed by atoms with E-state index in [1.807, 2.05) is 11.0 Å². The molecule has 0 radical (unpaired) electrons. The van der Waals surface area contributed by atoms with Crippen molar-refractivity contribution in [1.82, 2.24) is 25.3 Å². The van der Waals surface area contributed by atoms with E-state index < -0.39 is 7.82 Å². The van der Waals surface area contributed by atoms with Crippen LogP contribution in [0.2, 0.25) is 5.02 Å². The number of halogens is 1. The van der Waals surface area contributed by atoms with Gasteiger partial charge >= 0.3 is 51.4 Å². The Morgan fingerprint density at radius 2 is 1.95 bits per heavy atom. The van der Waals surface area contributed by atoms with Gasteiger partial charge in [0.1, 0.15) is 23.0 Å². The number of anilines is 2. The van der Waals surface area contributed by atoms with Crippen LogP contribution >= 0.6 is 19.4 Å².